The molecule has 1 amide bonds. The predicted octanol–water partition coefficient (Wildman–Crippen LogP) is 1.32. The minimum absolute atomic E-state index is 0.149. The molecule has 1 atom stereocenters. The van der Waals surface area contributed by atoms with Crippen LogP contribution in [0.3, 0.4) is 0 Å². The summed E-state index contributed by atoms with van der Waals surface area (Å²) in [5.41, 5.74) is 6.30. The van der Waals surface area contributed by atoms with Gasteiger partial charge in [0.1, 0.15) is 10.6 Å². The van der Waals surface area contributed by atoms with Crippen molar-refractivity contribution in [2.24, 2.45) is 5.92 Å². The zero-order valence-corrected chi connectivity index (χ0v) is 11.0. The van der Waals surface area contributed by atoms with Crippen LogP contribution in [0, 0.1) is 5.92 Å². The van der Waals surface area contributed by atoms with Gasteiger partial charge in [-0.1, -0.05) is 6.92 Å². The third-order valence-electron chi connectivity index (χ3n) is 3.10. The molecule has 3 N–H and O–H groups in total. The van der Waals surface area contributed by atoms with Crippen molar-refractivity contribution in [1.29, 1.82) is 0 Å². The third-order valence-corrected chi connectivity index (χ3v) is 4.02. The van der Waals surface area contributed by atoms with Crippen molar-refractivity contribution in [1.82, 2.24) is 9.69 Å². The maximum atomic E-state index is 11.8. The molecule has 0 saturated carbocycles. The topological polar surface area (TPSA) is 71.2 Å². The highest BCUT2D eigenvalue weighted by Gasteiger charge is 2.25. The van der Waals surface area contributed by atoms with Gasteiger partial charge in [0.2, 0.25) is 0 Å². The first kappa shape index (κ1) is 12.2. The van der Waals surface area contributed by atoms with Gasteiger partial charge >= 0.3 is 0 Å². The molecule has 1 fully saturated rings. The largest absolute Gasteiger partial charge is 0.382 e. The van der Waals surface area contributed by atoms with Gasteiger partial charge in [-0.05, 0) is 30.3 Å². The summed E-state index contributed by atoms with van der Waals surface area (Å²) in [6.45, 7) is 4.19. The summed E-state index contributed by atoms with van der Waals surface area (Å²) in [5, 5.41) is 3.53. The second-order valence-electron chi connectivity index (χ2n) is 4.52. The van der Waals surface area contributed by atoms with Crippen molar-refractivity contribution in [3.8, 4) is 0 Å². The lowest BCUT2D eigenvalue weighted by Gasteiger charge is -2.31. The van der Waals surface area contributed by atoms with Crippen LogP contribution in [-0.4, -0.2) is 30.4 Å². The Morgan fingerprint density at radius 2 is 2.41 bits per heavy atom. The number of carbonyl (C=O) groups excluding carboxylic acids is 1. The highest BCUT2D eigenvalue weighted by molar-refractivity contribution is 7.11. The standard InChI is InChI=1S/C11H18N4OS/c1-7-4-3-5-15(6-7)11-8(10(16)13-2)9(12)14-17-11/h7H,3-6H2,1-2H3,(H2,12,14)(H,13,16). The van der Waals surface area contributed by atoms with Crippen molar-refractivity contribution in [2.75, 3.05) is 30.8 Å². The first-order valence-corrected chi connectivity index (χ1v) is 6.63. The highest BCUT2D eigenvalue weighted by atomic mass is 32.1. The number of nitrogens with one attached hydrogen (secondary N) is 1. The SMILES string of the molecule is CNC(=O)c1c(N)nsc1N1CCCC(C)C1. The van der Waals surface area contributed by atoms with E-state index in [0.717, 1.165) is 24.5 Å². The molecule has 6 heteroatoms. The summed E-state index contributed by atoms with van der Waals surface area (Å²) >= 11 is 1.32. The summed E-state index contributed by atoms with van der Waals surface area (Å²) in [4.78, 5) is 14.0. The molecule has 1 aliphatic heterocycles. The Labute approximate surface area is 105 Å². The van der Waals surface area contributed by atoms with E-state index in [-0.39, 0.29) is 5.91 Å². The van der Waals surface area contributed by atoms with Gasteiger partial charge in [0.15, 0.2) is 5.82 Å². The minimum atomic E-state index is -0.149. The minimum Gasteiger partial charge on any atom is -0.382 e. The van der Waals surface area contributed by atoms with Gasteiger partial charge in [-0.15, -0.1) is 0 Å². The van der Waals surface area contributed by atoms with Gasteiger partial charge in [0.25, 0.3) is 5.91 Å². The Balaban J connectivity index is 2.28. The molecule has 5 nitrogen and oxygen atoms in total. The second kappa shape index (κ2) is 4.91. The lowest BCUT2D eigenvalue weighted by atomic mass is 10.0. The van der Waals surface area contributed by atoms with Crippen LogP contribution in [0.4, 0.5) is 10.8 Å². The Morgan fingerprint density at radius 3 is 3.06 bits per heavy atom. The summed E-state index contributed by atoms with van der Waals surface area (Å²) in [5.74, 6) is 0.844. The monoisotopic (exact) mass is 254 g/mol. The molecule has 1 saturated heterocycles. The van der Waals surface area contributed by atoms with Crippen LogP contribution in [0.5, 0.6) is 0 Å². The van der Waals surface area contributed by atoms with Gasteiger partial charge in [0.05, 0.1) is 0 Å². The molecule has 1 aliphatic rings. The molecule has 0 bridgehead atoms. The lowest BCUT2D eigenvalue weighted by Crippen LogP contribution is -2.35. The molecular formula is C11H18N4OS. The van der Waals surface area contributed by atoms with Gasteiger partial charge in [0, 0.05) is 20.1 Å². The first-order valence-electron chi connectivity index (χ1n) is 5.85. The lowest BCUT2D eigenvalue weighted by molar-refractivity contribution is 0.0964. The van der Waals surface area contributed by atoms with E-state index in [2.05, 4.69) is 21.5 Å². The van der Waals surface area contributed by atoms with Crippen molar-refractivity contribution < 1.29 is 4.79 Å². The number of anilines is 2. The fraction of sp³-hybridized carbons (Fsp3) is 0.636. The summed E-state index contributed by atoms with van der Waals surface area (Å²) in [7, 11) is 1.61. The Morgan fingerprint density at radius 1 is 1.65 bits per heavy atom. The Hall–Kier alpha value is -1.30. The molecule has 2 rings (SSSR count). The molecule has 0 radical (unpaired) electrons. The number of amides is 1. The van der Waals surface area contributed by atoms with Crippen molar-refractivity contribution in [3.05, 3.63) is 5.56 Å². The van der Waals surface area contributed by atoms with Gasteiger partial charge < -0.3 is 16.0 Å². The third kappa shape index (κ3) is 2.36. The van der Waals surface area contributed by atoms with E-state index in [9.17, 15) is 4.79 Å². The number of nitrogens with two attached hydrogens (primary N) is 1. The van der Waals surface area contributed by atoms with E-state index in [4.69, 9.17) is 5.73 Å². The fourth-order valence-electron chi connectivity index (χ4n) is 2.22. The molecule has 0 aliphatic carbocycles. The number of carbonyl (C=O) groups is 1. The zero-order valence-electron chi connectivity index (χ0n) is 10.2. The highest BCUT2D eigenvalue weighted by Crippen LogP contribution is 2.33. The maximum Gasteiger partial charge on any atom is 0.257 e. The van der Waals surface area contributed by atoms with Crippen LogP contribution in [-0.2, 0) is 0 Å². The van der Waals surface area contributed by atoms with Crippen molar-refractivity contribution in [2.45, 2.75) is 19.8 Å². The van der Waals surface area contributed by atoms with Crippen molar-refractivity contribution >= 4 is 28.3 Å². The van der Waals surface area contributed by atoms with E-state index < -0.39 is 0 Å². The summed E-state index contributed by atoms with van der Waals surface area (Å²) < 4.78 is 4.10. The van der Waals surface area contributed by atoms with E-state index in [1.807, 2.05) is 0 Å². The van der Waals surface area contributed by atoms with E-state index in [1.165, 1.54) is 18.0 Å². The van der Waals surface area contributed by atoms with Gasteiger partial charge in [-0.3, -0.25) is 4.79 Å². The molecular weight excluding hydrogens is 236 g/mol. The van der Waals surface area contributed by atoms with Crippen LogP contribution in [0.2, 0.25) is 0 Å². The first-order chi connectivity index (χ1) is 8.13. The molecule has 17 heavy (non-hydrogen) atoms. The maximum absolute atomic E-state index is 11.8. The van der Waals surface area contributed by atoms with E-state index in [0.29, 0.717) is 17.3 Å². The number of nitrogens with zero attached hydrogens (tertiary/aromatic N) is 2. The van der Waals surface area contributed by atoms with E-state index >= 15 is 0 Å². The van der Waals surface area contributed by atoms with Crippen LogP contribution < -0.4 is 16.0 Å². The number of rotatable bonds is 2. The van der Waals surface area contributed by atoms with Crippen LogP contribution in [0.15, 0.2) is 0 Å². The number of hydrogen-bond acceptors (Lipinski definition) is 5. The Bertz CT molecular complexity index is 418. The number of nitrogen functional groups attached to an aromatic ring is 1. The quantitative estimate of drug-likeness (QED) is 0.835. The smallest absolute Gasteiger partial charge is 0.257 e. The average molecular weight is 254 g/mol. The second-order valence-corrected chi connectivity index (χ2v) is 5.27. The molecule has 0 spiro atoms. The van der Waals surface area contributed by atoms with Crippen LogP contribution in [0.1, 0.15) is 30.1 Å². The van der Waals surface area contributed by atoms with Crippen LogP contribution in [0.25, 0.3) is 0 Å². The normalized spacial score (nSPS) is 20.4. The fourth-order valence-corrected chi connectivity index (χ4v) is 3.07. The van der Waals surface area contributed by atoms with Crippen LogP contribution >= 0.6 is 11.5 Å². The Kier molecular flexibility index (Phi) is 3.51. The molecule has 2 heterocycles. The summed E-state index contributed by atoms with van der Waals surface area (Å²) in [6.07, 6.45) is 2.41. The summed E-state index contributed by atoms with van der Waals surface area (Å²) in [6, 6.07) is 0. The van der Waals surface area contributed by atoms with Crippen molar-refractivity contribution in [3.63, 3.8) is 0 Å². The zero-order chi connectivity index (χ0) is 12.4. The number of hydrogen-bond donors (Lipinski definition) is 2. The van der Waals surface area contributed by atoms with Gasteiger partial charge in [-0.25, -0.2) is 0 Å². The molecule has 0 aromatic carbocycles. The van der Waals surface area contributed by atoms with E-state index in [1.54, 1.807) is 7.05 Å². The van der Waals surface area contributed by atoms with Gasteiger partial charge in [-0.2, -0.15) is 4.37 Å². The number of piperidine rings is 1. The molecule has 94 valence electrons. The molecule has 1 unspecified atom stereocenters. The average Bonchev–Trinajstić information content (AvgIpc) is 2.70. The predicted molar refractivity (Wildman–Crippen MR) is 70.5 cm³/mol. The molecule has 1 aromatic rings. The number of aromatic nitrogens is 1. The molecule has 1 aromatic heterocycles.